The molecule has 0 bridgehead atoms. The second kappa shape index (κ2) is 10.4. The average Bonchev–Trinajstić information content (AvgIpc) is 2.62. The number of likely N-dealkylation sites (N-methyl/N-ethyl adjacent to an activating group) is 2. The van der Waals surface area contributed by atoms with Crippen molar-refractivity contribution in [2.24, 2.45) is 0 Å². The summed E-state index contributed by atoms with van der Waals surface area (Å²) in [4.78, 5) is 27.2. The van der Waals surface area contributed by atoms with E-state index in [2.05, 4.69) is 0 Å². The average molecular weight is 402 g/mol. The molecule has 0 radical (unpaired) electrons. The third kappa shape index (κ3) is 6.59. The van der Waals surface area contributed by atoms with E-state index in [1.54, 1.807) is 11.9 Å². The second-order valence-electron chi connectivity index (χ2n) is 6.20. The molecule has 0 unspecified atom stereocenters. The number of hydrogen-bond acceptors (Lipinski definition) is 4. The molecule has 0 aliphatic carbocycles. The highest BCUT2D eigenvalue weighted by Crippen LogP contribution is 2.15. The number of sulfonamides is 1. The Bertz CT molecular complexity index is 733. The van der Waals surface area contributed by atoms with E-state index in [-0.39, 0.29) is 36.2 Å². The van der Waals surface area contributed by atoms with Gasteiger partial charge in [-0.2, -0.15) is 0 Å². The quantitative estimate of drug-likeness (QED) is 0.596. The number of nitrogens with zero attached hydrogens (tertiary/aromatic N) is 3. The first kappa shape index (κ1) is 23.0. The molecule has 27 heavy (non-hydrogen) atoms. The van der Waals surface area contributed by atoms with Crippen LogP contribution in [0.15, 0.2) is 29.2 Å². The van der Waals surface area contributed by atoms with Gasteiger partial charge in [-0.1, -0.05) is 0 Å². The van der Waals surface area contributed by atoms with E-state index in [0.29, 0.717) is 19.5 Å². The lowest BCUT2D eigenvalue weighted by Crippen LogP contribution is -2.41. The van der Waals surface area contributed by atoms with Gasteiger partial charge in [-0.3, -0.25) is 9.59 Å². The van der Waals surface area contributed by atoms with E-state index < -0.39 is 15.8 Å². The summed E-state index contributed by atoms with van der Waals surface area (Å²) in [7, 11) is -0.758. The maximum Gasteiger partial charge on any atom is 0.242 e. The van der Waals surface area contributed by atoms with Crippen molar-refractivity contribution in [1.82, 2.24) is 14.1 Å². The SMILES string of the molecule is CCN(CC)C(=O)CN(C)C(=O)CCCN(C)S(=O)(=O)c1ccc(F)cc1. The Labute approximate surface area is 160 Å². The molecule has 0 aliphatic rings. The van der Waals surface area contributed by atoms with Gasteiger partial charge in [-0.05, 0) is 44.5 Å². The van der Waals surface area contributed by atoms with Crippen molar-refractivity contribution in [3.8, 4) is 0 Å². The lowest BCUT2D eigenvalue weighted by Gasteiger charge is -2.23. The van der Waals surface area contributed by atoms with Gasteiger partial charge in [0.05, 0.1) is 11.4 Å². The van der Waals surface area contributed by atoms with Gasteiger partial charge in [0.25, 0.3) is 0 Å². The third-order valence-corrected chi connectivity index (χ3v) is 6.17. The van der Waals surface area contributed by atoms with Crippen LogP contribution in [0.1, 0.15) is 26.7 Å². The van der Waals surface area contributed by atoms with Crippen LogP contribution in [0.3, 0.4) is 0 Å². The molecular weight excluding hydrogens is 373 g/mol. The van der Waals surface area contributed by atoms with Crippen LogP contribution >= 0.6 is 0 Å². The summed E-state index contributed by atoms with van der Waals surface area (Å²) in [6, 6.07) is 4.59. The minimum absolute atomic E-state index is 0.000311. The van der Waals surface area contributed by atoms with Crippen molar-refractivity contribution in [1.29, 1.82) is 0 Å². The topological polar surface area (TPSA) is 78.0 Å². The van der Waals surface area contributed by atoms with E-state index >= 15 is 0 Å². The fourth-order valence-corrected chi connectivity index (χ4v) is 3.73. The van der Waals surface area contributed by atoms with Crippen LogP contribution < -0.4 is 0 Å². The normalized spacial score (nSPS) is 11.5. The van der Waals surface area contributed by atoms with E-state index in [1.807, 2.05) is 13.8 Å². The van der Waals surface area contributed by atoms with E-state index in [4.69, 9.17) is 0 Å². The Kier molecular flexibility index (Phi) is 8.84. The molecule has 0 saturated heterocycles. The van der Waals surface area contributed by atoms with Crippen LogP contribution in [-0.2, 0) is 19.6 Å². The van der Waals surface area contributed by atoms with Crippen LogP contribution in [-0.4, -0.2) is 74.6 Å². The highest BCUT2D eigenvalue weighted by molar-refractivity contribution is 7.89. The zero-order valence-corrected chi connectivity index (χ0v) is 17.1. The second-order valence-corrected chi connectivity index (χ2v) is 8.24. The third-order valence-electron chi connectivity index (χ3n) is 4.30. The van der Waals surface area contributed by atoms with E-state index in [0.717, 1.165) is 16.4 Å². The van der Waals surface area contributed by atoms with Crippen molar-refractivity contribution < 1.29 is 22.4 Å². The molecular formula is C18H28FN3O4S. The highest BCUT2D eigenvalue weighted by Gasteiger charge is 2.21. The first-order valence-electron chi connectivity index (χ1n) is 8.87. The van der Waals surface area contributed by atoms with Gasteiger partial charge in [0.1, 0.15) is 5.82 Å². The van der Waals surface area contributed by atoms with E-state index in [1.165, 1.54) is 24.1 Å². The lowest BCUT2D eigenvalue weighted by atomic mass is 10.2. The van der Waals surface area contributed by atoms with Crippen molar-refractivity contribution in [3.05, 3.63) is 30.1 Å². The first-order valence-corrected chi connectivity index (χ1v) is 10.3. The van der Waals surface area contributed by atoms with Gasteiger partial charge in [-0.15, -0.1) is 0 Å². The molecule has 1 aromatic rings. The Balaban J connectivity index is 2.52. The van der Waals surface area contributed by atoms with Gasteiger partial charge in [0, 0.05) is 40.2 Å². The van der Waals surface area contributed by atoms with Crippen LogP contribution in [0.4, 0.5) is 4.39 Å². The molecule has 0 spiro atoms. The Morgan fingerprint density at radius 1 is 1.00 bits per heavy atom. The molecule has 7 nitrogen and oxygen atoms in total. The van der Waals surface area contributed by atoms with Gasteiger partial charge in [0.15, 0.2) is 0 Å². The molecule has 0 aromatic heterocycles. The first-order chi connectivity index (χ1) is 12.6. The van der Waals surface area contributed by atoms with Crippen LogP contribution in [0.2, 0.25) is 0 Å². The summed E-state index contributed by atoms with van der Waals surface area (Å²) in [6.07, 6.45) is 0.449. The molecule has 0 heterocycles. The summed E-state index contributed by atoms with van der Waals surface area (Å²) in [5.74, 6) is -0.848. The minimum Gasteiger partial charge on any atom is -0.342 e. The predicted octanol–water partition coefficient (Wildman–Crippen LogP) is 1.55. The van der Waals surface area contributed by atoms with Crippen molar-refractivity contribution >= 4 is 21.8 Å². The summed E-state index contributed by atoms with van der Waals surface area (Å²) >= 11 is 0. The zero-order chi connectivity index (χ0) is 20.6. The number of halogens is 1. The van der Waals surface area contributed by atoms with Gasteiger partial charge >= 0.3 is 0 Å². The van der Waals surface area contributed by atoms with Crippen molar-refractivity contribution in [3.63, 3.8) is 0 Å². The largest absolute Gasteiger partial charge is 0.342 e. The summed E-state index contributed by atoms with van der Waals surface area (Å²) in [5, 5.41) is 0. The zero-order valence-electron chi connectivity index (χ0n) is 16.3. The van der Waals surface area contributed by atoms with Gasteiger partial charge < -0.3 is 9.80 Å². The Morgan fingerprint density at radius 3 is 2.07 bits per heavy atom. The standard InChI is InChI=1S/C18H28FN3O4S/c1-5-22(6-2)18(24)14-20(3)17(23)8-7-13-21(4)27(25,26)16-11-9-15(19)10-12-16/h9-12H,5-8,13-14H2,1-4H3. The number of benzene rings is 1. The number of carbonyl (C=O) groups is 2. The molecule has 1 rings (SSSR count). The number of amides is 2. The van der Waals surface area contributed by atoms with Gasteiger partial charge in [-0.25, -0.2) is 17.1 Å². The van der Waals surface area contributed by atoms with Crippen molar-refractivity contribution in [2.45, 2.75) is 31.6 Å². The summed E-state index contributed by atoms with van der Waals surface area (Å²) in [6.45, 7) is 5.07. The summed E-state index contributed by atoms with van der Waals surface area (Å²) in [5.41, 5.74) is 0. The monoisotopic (exact) mass is 401 g/mol. The fraction of sp³-hybridized carbons (Fsp3) is 0.556. The van der Waals surface area contributed by atoms with Crippen LogP contribution in [0.5, 0.6) is 0 Å². The molecule has 0 saturated carbocycles. The fourth-order valence-electron chi connectivity index (χ4n) is 2.52. The molecule has 0 N–H and O–H groups in total. The minimum atomic E-state index is -3.73. The Morgan fingerprint density at radius 2 is 1.56 bits per heavy atom. The molecule has 9 heteroatoms. The van der Waals surface area contributed by atoms with Gasteiger partial charge in [0.2, 0.25) is 21.8 Å². The predicted molar refractivity (Wildman–Crippen MR) is 101 cm³/mol. The lowest BCUT2D eigenvalue weighted by molar-refractivity contribution is -0.139. The molecule has 0 fully saturated rings. The molecule has 0 atom stereocenters. The van der Waals surface area contributed by atoms with Crippen LogP contribution in [0, 0.1) is 5.82 Å². The number of hydrogen-bond donors (Lipinski definition) is 0. The molecule has 1 aromatic carbocycles. The number of carbonyl (C=O) groups excluding carboxylic acids is 2. The Hall–Kier alpha value is -2.00. The molecule has 2 amide bonds. The van der Waals surface area contributed by atoms with Crippen LogP contribution in [0.25, 0.3) is 0 Å². The van der Waals surface area contributed by atoms with Crippen molar-refractivity contribution in [2.75, 3.05) is 40.3 Å². The maximum absolute atomic E-state index is 13.0. The number of rotatable bonds is 10. The smallest absolute Gasteiger partial charge is 0.242 e. The summed E-state index contributed by atoms with van der Waals surface area (Å²) < 4.78 is 38.9. The highest BCUT2D eigenvalue weighted by atomic mass is 32.2. The molecule has 0 aliphatic heterocycles. The molecule has 152 valence electrons. The maximum atomic E-state index is 13.0. The van der Waals surface area contributed by atoms with E-state index in [9.17, 15) is 22.4 Å².